The topological polar surface area (TPSA) is 77.7 Å². The molecule has 0 aliphatic carbocycles. The molecule has 0 aliphatic rings. The second-order valence-electron chi connectivity index (χ2n) is 4.45. The zero-order valence-corrected chi connectivity index (χ0v) is 12.4. The quantitative estimate of drug-likeness (QED) is 0.344. The number of hydrogen-bond acceptors (Lipinski definition) is 4. The van der Waals surface area contributed by atoms with Crippen molar-refractivity contribution in [3.05, 3.63) is 70.5 Å². The first kappa shape index (κ1) is 15.6. The lowest BCUT2D eigenvalue weighted by molar-refractivity contribution is -0.686. The summed E-state index contributed by atoms with van der Waals surface area (Å²) < 4.78 is 1.79. The van der Waals surface area contributed by atoms with Gasteiger partial charge in [0.2, 0.25) is 0 Å². The molecule has 8 heteroatoms. The van der Waals surface area contributed by atoms with Gasteiger partial charge in [0, 0.05) is 19.1 Å². The number of aromatic nitrogens is 4. The van der Waals surface area contributed by atoms with Crippen molar-refractivity contribution in [3.63, 3.8) is 0 Å². The summed E-state index contributed by atoms with van der Waals surface area (Å²) in [4.78, 5) is 11.9. The lowest BCUT2D eigenvalue weighted by Crippen LogP contribution is -3.00. The van der Waals surface area contributed by atoms with Gasteiger partial charge in [0.05, 0.1) is 4.92 Å². The molecule has 1 aromatic heterocycles. The third-order valence-electron chi connectivity index (χ3n) is 3.06. The van der Waals surface area contributed by atoms with Crippen molar-refractivity contribution in [2.24, 2.45) is 0 Å². The van der Waals surface area contributed by atoms with E-state index in [0.29, 0.717) is 5.82 Å². The van der Waals surface area contributed by atoms with Crippen molar-refractivity contribution in [1.82, 2.24) is 15.1 Å². The number of hydrogen-bond donors (Lipinski definition) is 0. The molecule has 0 amide bonds. The van der Waals surface area contributed by atoms with Crippen LogP contribution in [0, 0.1) is 17.0 Å². The van der Waals surface area contributed by atoms with Crippen molar-refractivity contribution in [3.8, 4) is 11.4 Å². The molecule has 0 aliphatic heterocycles. The predicted octanol–water partition coefficient (Wildman–Crippen LogP) is -1.24. The summed E-state index contributed by atoms with van der Waals surface area (Å²) in [5.41, 5.74) is 1.67. The molecule has 0 radical (unpaired) electrons. The van der Waals surface area contributed by atoms with E-state index in [4.69, 9.17) is 0 Å². The fraction of sp³-hybridized carbons (Fsp3) is 0.0714. The van der Waals surface area contributed by atoms with E-state index in [1.807, 2.05) is 37.3 Å². The molecule has 112 valence electrons. The van der Waals surface area contributed by atoms with E-state index >= 15 is 0 Å². The van der Waals surface area contributed by atoms with Crippen LogP contribution in [-0.2, 0) is 0 Å². The molecule has 0 bridgehead atoms. The van der Waals surface area contributed by atoms with Crippen LogP contribution in [0.4, 0.5) is 5.69 Å². The van der Waals surface area contributed by atoms with Crippen LogP contribution in [0.3, 0.4) is 0 Å². The highest BCUT2D eigenvalue weighted by Gasteiger charge is 2.20. The van der Waals surface area contributed by atoms with Gasteiger partial charge in [-0.15, -0.1) is 4.68 Å². The highest BCUT2D eigenvalue weighted by atomic mass is 35.5. The first-order valence-corrected chi connectivity index (χ1v) is 6.32. The van der Waals surface area contributed by atoms with E-state index in [9.17, 15) is 10.1 Å². The van der Waals surface area contributed by atoms with Gasteiger partial charge in [-0.05, 0) is 29.1 Å². The number of nitro groups is 1. The maximum Gasteiger partial charge on any atom is 0.303 e. The van der Waals surface area contributed by atoms with Gasteiger partial charge in [0.1, 0.15) is 16.5 Å². The highest BCUT2D eigenvalue weighted by Crippen LogP contribution is 2.12. The van der Waals surface area contributed by atoms with Crippen molar-refractivity contribution >= 4 is 5.69 Å². The summed E-state index contributed by atoms with van der Waals surface area (Å²) in [6.45, 7) is 1.83. The number of benzene rings is 2. The molecule has 22 heavy (non-hydrogen) atoms. The Kier molecular flexibility index (Phi) is 4.47. The number of rotatable bonds is 3. The predicted molar refractivity (Wildman–Crippen MR) is 74.3 cm³/mol. The molecule has 0 fully saturated rings. The van der Waals surface area contributed by atoms with Crippen molar-refractivity contribution in [2.75, 3.05) is 0 Å². The smallest absolute Gasteiger partial charge is 0.303 e. The minimum absolute atomic E-state index is 0. The molecule has 3 aromatic rings. The van der Waals surface area contributed by atoms with Gasteiger partial charge in [-0.2, -0.15) is 0 Å². The second-order valence-corrected chi connectivity index (χ2v) is 4.45. The molecule has 0 atom stereocenters. The molecule has 0 saturated carbocycles. The Morgan fingerprint density at radius 3 is 2.32 bits per heavy atom. The molecule has 2 aromatic carbocycles. The number of aryl methyl sites for hydroxylation is 1. The average Bonchev–Trinajstić information content (AvgIpc) is 2.90. The van der Waals surface area contributed by atoms with Gasteiger partial charge in [0.25, 0.3) is 5.69 Å². The zero-order valence-electron chi connectivity index (χ0n) is 11.6. The van der Waals surface area contributed by atoms with Gasteiger partial charge in [-0.3, -0.25) is 10.1 Å². The van der Waals surface area contributed by atoms with Crippen molar-refractivity contribution < 1.29 is 22.0 Å². The largest absolute Gasteiger partial charge is 1.00 e. The molecular weight excluding hydrogens is 306 g/mol. The maximum absolute atomic E-state index is 10.7. The molecule has 0 saturated heterocycles. The normalized spacial score (nSPS) is 10.0. The molecule has 0 N–H and O–H groups in total. The Balaban J connectivity index is 0.00000176. The van der Waals surface area contributed by atoms with Gasteiger partial charge < -0.3 is 12.4 Å². The summed E-state index contributed by atoms with van der Waals surface area (Å²) in [5, 5.41) is 18.9. The fourth-order valence-corrected chi connectivity index (χ4v) is 2.07. The summed E-state index contributed by atoms with van der Waals surface area (Å²) in [5.74, 6) is 0.688. The van der Waals surface area contributed by atoms with E-state index in [-0.39, 0.29) is 18.1 Å². The van der Waals surface area contributed by atoms with Crippen LogP contribution in [0.5, 0.6) is 0 Å². The van der Waals surface area contributed by atoms with Crippen LogP contribution >= 0.6 is 0 Å². The van der Waals surface area contributed by atoms with Crippen LogP contribution in [0.25, 0.3) is 11.4 Å². The number of tetrazole rings is 1. The van der Waals surface area contributed by atoms with Crippen LogP contribution in [-0.4, -0.2) is 20.0 Å². The fourth-order valence-electron chi connectivity index (χ4n) is 2.07. The Morgan fingerprint density at radius 1 is 1.09 bits per heavy atom. The number of non-ortho nitro benzene ring substituents is 1. The van der Waals surface area contributed by atoms with Gasteiger partial charge in [-0.25, -0.2) is 0 Å². The van der Waals surface area contributed by atoms with Crippen LogP contribution in [0.2, 0.25) is 0 Å². The summed E-state index contributed by atoms with van der Waals surface area (Å²) in [6.07, 6.45) is 0. The number of nitro benzene ring substituents is 1. The number of nitrogens with zero attached hydrogens (tertiary/aromatic N) is 5. The Bertz CT molecular complexity index is 787. The summed E-state index contributed by atoms with van der Waals surface area (Å²) >= 11 is 0. The van der Waals surface area contributed by atoms with Crippen LogP contribution in [0.1, 0.15) is 5.82 Å². The number of halogens is 1. The summed E-state index contributed by atoms with van der Waals surface area (Å²) in [7, 11) is 0. The average molecular weight is 318 g/mol. The molecule has 1 heterocycles. The van der Waals surface area contributed by atoms with Gasteiger partial charge in [-0.1, -0.05) is 18.2 Å². The third-order valence-corrected chi connectivity index (χ3v) is 3.06. The highest BCUT2D eigenvalue weighted by molar-refractivity contribution is 5.36. The Morgan fingerprint density at radius 2 is 1.73 bits per heavy atom. The van der Waals surface area contributed by atoms with Gasteiger partial charge in [0.15, 0.2) is 5.21 Å². The van der Waals surface area contributed by atoms with Crippen LogP contribution in [0.15, 0.2) is 54.6 Å². The lowest BCUT2D eigenvalue weighted by Gasteiger charge is -2.03. The van der Waals surface area contributed by atoms with Gasteiger partial charge >= 0.3 is 5.82 Å². The molecular formula is C14H12ClN5O2. The number of para-hydroxylation sites is 1. The van der Waals surface area contributed by atoms with E-state index < -0.39 is 4.92 Å². The molecule has 0 spiro atoms. The minimum Gasteiger partial charge on any atom is -1.00 e. The molecule has 3 rings (SSSR count). The van der Waals surface area contributed by atoms with Crippen molar-refractivity contribution in [2.45, 2.75) is 6.92 Å². The Labute approximate surface area is 132 Å². The summed E-state index contributed by atoms with van der Waals surface area (Å²) in [6, 6.07) is 15.8. The van der Waals surface area contributed by atoms with E-state index in [2.05, 4.69) is 10.3 Å². The first-order valence-electron chi connectivity index (χ1n) is 6.32. The van der Waals surface area contributed by atoms with Crippen molar-refractivity contribution in [1.29, 1.82) is 0 Å². The lowest BCUT2D eigenvalue weighted by atomic mass is 10.3. The minimum atomic E-state index is -0.423. The monoisotopic (exact) mass is 317 g/mol. The van der Waals surface area contributed by atoms with E-state index in [1.165, 1.54) is 12.1 Å². The third kappa shape index (κ3) is 2.79. The van der Waals surface area contributed by atoms with E-state index in [0.717, 1.165) is 11.4 Å². The standard InChI is InChI=1S/C14H12N5O2.ClH/c1-11-15-16-18(13-5-3-2-4-6-13)17(11)12-7-9-14(10-8-12)19(20)21;/h2-10H,1H3;1H/q+1;/p-1. The SMILES string of the molecule is Cc1nnn(-c2ccccc2)[n+]1-c1ccc([N+](=O)[O-])cc1.[Cl-]. The van der Waals surface area contributed by atoms with Crippen LogP contribution < -0.4 is 17.1 Å². The van der Waals surface area contributed by atoms with E-state index in [1.54, 1.807) is 21.6 Å². The zero-order chi connectivity index (χ0) is 14.8. The molecule has 7 nitrogen and oxygen atoms in total. The first-order chi connectivity index (χ1) is 10.2. The second kappa shape index (κ2) is 6.31. The Hall–Kier alpha value is -2.80. The maximum atomic E-state index is 10.7. The molecule has 0 unspecified atom stereocenters.